The molecule has 2 aromatic carbocycles. The lowest BCUT2D eigenvalue weighted by Crippen LogP contribution is -2.31. The molecule has 0 spiro atoms. The molecule has 0 fully saturated rings. The number of ether oxygens (including phenoxy) is 3. The molecule has 4 rings (SSSR count). The van der Waals surface area contributed by atoms with Crippen molar-refractivity contribution < 1.29 is 14.2 Å². The third-order valence-corrected chi connectivity index (χ3v) is 5.01. The predicted molar refractivity (Wildman–Crippen MR) is 113 cm³/mol. The smallest absolute Gasteiger partial charge is 0.227 e. The van der Waals surface area contributed by atoms with Gasteiger partial charge in [-0.15, -0.1) is 0 Å². The molecule has 0 amide bonds. The van der Waals surface area contributed by atoms with Crippen LogP contribution in [0.5, 0.6) is 17.2 Å². The zero-order chi connectivity index (χ0) is 20.2. The lowest BCUT2D eigenvalue weighted by atomic mass is 9.99. The molecular formula is C22H24N4O3. The van der Waals surface area contributed by atoms with Gasteiger partial charge in [0, 0.05) is 19.3 Å². The van der Waals surface area contributed by atoms with Gasteiger partial charge in [-0.2, -0.15) is 4.98 Å². The Kier molecular flexibility index (Phi) is 5.37. The molecule has 0 aliphatic carbocycles. The van der Waals surface area contributed by atoms with E-state index in [2.05, 4.69) is 21.3 Å². The van der Waals surface area contributed by atoms with Gasteiger partial charge >= 0.3 is 0 Å². The monoisotopic (exact) mass is 392 g/mol. The van der Waals surface area contributed by atoms with Gasteiger partial charge in [-0.1, -0.05) is 12.1 Å². The van der Waals surface area contributed by atoms with Gasteiger partial charge in [-0.05, 0) is 47.9 Å². The van der Waals surface area contributed by atoms with Crippen LogP contribution in [0.4, 0.5) is 17.5 Å². The molecule has 0 atom stereocenters. The molecule has 1 aromatic heterocycles. The SMILES string of the molecule is COc1ccccc1Nc1ccnc(N2CCc3cc(OC)c(OC)cc3C2)n1. The van der Waals surface area contributed by atoms with Gasteiger partial charge in [0.1, 0.15) is 11.6 Å². The second kappa shape index (κ2) is 8.26. The topological polar surface area (TPSA) is 68.7 Å². The molecule has 1 aliphatic heterocycles. The number of nitrogens with one attached hydrogen (secondary N) is 1. The van der Waals surface area contributed by atoms with Crippen LogP contribution in [0.2, 0.25) is 0 Å². The number of rotatable bonds is 6. The maximum atomic E-state index is 5.45. The van der Waals surface area contributed by atoms with Gasteiger partial charge in [0.15, 0.2) is 11.5 Å². The first kappa shape index (κ1) is 18.9. The fourth-order valence-electron chi connectivity index (χ4n) is 3.51. The van der Waals surface area contributed by atoms with Crippen LogP contribution in [-0.4, -0.2) is 37.8 Å². The Morgan fingerprint density at radius 3 is 2.38 bits per heavy atom. The number of fused-ring (bicyclic) bond motifs is 1. The van der Waals surface area contributed by atoms with Gasteiger partial charge in [0.2, 0.25) is 5.95 Å². The highest BCUT2D eigenvalue weighted by molar-refractivity contribution is 5.64. The van der Waals surface area contributed by atoms with Crippen molar-refractivity contribution >= 4 is 17.5 Å². The molecule has 0 bridgehead atoms. The second-order valence-electron chi connectivity index (χ2n) is 6.71. The first-order chi connectivity index (χ1) is 14.2. The molecule has 7 nitrogen and oxygen atoms in total. The average Bonchev–Trinajstić information content (AvgIpc) is 2.78. The number of nitrogens with zero attached hydrogens (tertiary/aromatic N) is 3. The fraction of sp³-hybridized carbons (Fsp3) is 0.273. The Morgan fingerprint density at radius 1 is 0.897 bits per heavy atom. The number of methoxy groups -OCH3 is 3. The van der Waals surface area contributed by atoms with Crippen LogP contribution >= 0.6 is 0 Å². The van der Waals surface area contributed by atoms with Crippen molar-refractivity contribution in [2.75, 3.05) is 38.1 Å². The van der Waals surface area contributed by atoms with Crippen LogP contribution in [0, 0.1) is 0 Å². The summed E-state index contributed by atoms with van der Waals surface area (Å²) in [6.45, 7) is 1.55. The molecule has 0 unspecified atom stereocenters. The summed E-state index contributed by atoms with van der Waals surface area (Å²) < 4.78 is 16.3. The molecule has 1 aliphatic rings. The van der Waals surface area contributed by atoms with Crippen LogP contribution < -0.4 is 24.4 Å². The summed E-state index contributed by atoms with van der Waals surface area (Å²) in [6, 6.07) is 13.7. The van der Waals surface area contributed by atoms with Gasteiger partial charge in [0.25, 0.3) is 0 Å². The van der Waals surface area contributed by atoms with Crippen molar-refractivity contribution in [1.82, 2.24) is 9.97 Å². The van der Waals surface area contributed by atoms with E-state index in [0.29, 0.717) is 12.5 Å². The van der Waals surface area contributed by atoms with Crippen molar-refractivity contribution in [3.63, 3.8) is 0 Å². The average molecular weight is 392 g/mol. The van der Waals surface area contributed by atoms with E-state index >= 15 is 0 Å². The highest BCUT2D eigenvalue weighted by Gasteiger charge is 2.21. The van der Waals surface area contributed by atoms with E-state index in [0.717, 1.165) is 41.7 Å². The highest BCUT2D eigenvalue weighted by atomic mass is 16.5. The number of anilines is 3. The Hall–Kier alpha value is -3.48. The summed E-state index contributed by atoms with van der Waals surface area (Å²) in [5.74, 6) is 3.67. The summed E-state index contributed by atoms with van der Waals surface area (Å²) in [4.78, 5) is 11.4. The molecule has 7 heteroatoms. The molecule has 1 N–H and O–H groups in total. The van der Waals surface area contributed by atoms with Gasteiger partial charge in [-0.3, -0.25) is 0 Å². The lowest BCUT2D eigenvalue weighted by Gasteiger charge is -2.29. The summed E-state index contributed by atoms with van der Waals surface area (Å²) in [5.41, 5.74) is 3.32. The largest absolute Gasteiger partial charge is 0.495 e. The van der Waals surface area contributed by atoms with Crippen molar-refractivity contribution in [3.8, 4) is 17.2 Å². The second-order valence-corrected chi connectivity index (χ2v) is 6.71. The minimum absolute atomic E-state index is 0.685. The maximum absolute atomic E-state index is 5.45. The van der Waals surface area contributed by atoms with Crippen LogP contribution in [0.15, 0.2) is 48.7 Å². The number of aromatic nitrogens is 2. The van der Waals surface area contributed by atoms with Crippen LogP contribution in [0.25, 0.3) is 0 Å². The van der Waals surface area contributed by atoms with Crippen LogP contribution in [-0.2, 0) is 13.0 Å². The first-order valence-corrected chi connectivity index (χ1v) is 9.43. The van der Waals surface area contributed by atoms with Gasteiger partial charge in [-0.25, -0.2) is 4.98 Å². The molecule has 0 saturated carbocycles. The van der Waals surface area contributed by atoms with E-state index < -0.39 is 0 Å². The van der Waals surface area contributed by atoms with Gasteiger partial charge in [0.05, 0.1) is 27.0 Å². The third-order valence-electron chi connectivity index (χ3n) is 5.01. The van der Waals surface area contributed by atoms with E-state index in [1.54, 1.807) is 27.5 Å². The zero-order valence-corrected chi connectivity index (χ0v) is 16.8. The van der Waals surface area contributed by atoms with E-state index in [1.807, 2.05) is 36.4 Å². The lowest BCUT2D eigenvalue weighted by molar-refractivity contribution is 0.353. The number of hydrogen-bond acceptors (Lipinski definition) is 7. The highest BCUT2D eigenvalue weighted by Crippen LogP contribution is 2.34. The van der Waals surface area contributed by atoms with Crippen molar-refractivity contribution in [3.05, 3.63) is 59.8 Å². The fourth-order valence-corrected chi connectivity index (χ4v) is 3.51. The number of para-hydroxylation sites is 2. The predicted octanol–water partition coefficient (Wildman–Crippen LogP) is 3.81. The minimum atomic E-state index is 0.685. The molecule has 150 valence electrons. The molecular weight excluding hydrogens is 368 g/mol. The molecule has 3 aromatic rings. The minimum Gasteiger partial charge on any atom is -0.495 e. The Balaban J connectivity index is 1.56. The van der Waals surface area contributed by atoms with Crippen LogP contribution in [0.3, 0.4) is 0 Å². The number of benzene rings is 2. The van der Waals surface area contributed by atoms with E-state index in [1.165, 1.54) is 11.1 Å². The maximum Gasteiger partial charge on any atom is 0.227 e. The Labute approximate surface area is 170 Å². The standard InChI is InChI=1S/C22H24N4O3/c1-27-18-7-5-4-6-17(18)24-21-8-10-23-22(25-21)26-11-9-15-12-19(28-2)20(29-3)13-16(15)14-26/h4-8,10,12-13H,9,11,14H2,1-3H3,(H,23,24,25). The molecule has 0 saturated heterocycles. The molecule has 29 heavy (non-hydrogen) atoms. The summed E-state index contributed by atoms with van der Waals surface area (Å²) in [7, 11) is 4.97. The van der Waals surface area contributed by atoms with Crippen molar-refractivity contribution in [1.29, 1.82) is 0 Å². The third kappa shape index (κ3) is 3.89. The zero-order valence-electron chi connectivity index (χ0n) is 16.8. The summed E-state index contributed by atoms with van der Waals surface area (Å²) in [5, 5.41) is 3.32. The van der Waals surface area contributed by atoms with E-state index in [-0.39, 0.29) is 0 Å². The molecule has 2 heterocycles. The van der Waals surface area contributed by atoms with E-state index in [4.69, 9.17) is 19.2 Å². The first-order valence-electron chi connectivity index (χ1n) is 9.43. The molecule has 0 radical (unpaired) electrons. The van der Waals surface area contributed by atoms with Crippen molar-refractivity contribution in [2.24, 2.45) is 0 Å². The van der Waals surface area contributed by atoms with Gasteiger partial charge < -0.3 is 24.4 Å². The quantitative estimate of drug-likeness (QED) is 0.684. The van der Waals surface area contributed by atoms with E-state index in [9.17, 15) is 0 Å². The summed E-state index contributed by atoms with van der Waals surface area (Å²) in [6.07, 6.45) is 2.66. The summed E-state index contributed by atoms with van der Waals surface area (Å²) >= 11 is 0. The Bertz CT molecular complexity index is 1010. The van der Waals surface area contributed by atoms with Crippen molar-refractivity contribution in [2.45, 2.75) is 13.0 Å². The Morgan fingerprint density at radius 2 is 1.62 bits per heavy atom. The number of hydrogen-bond donors (Lipinski definition) is 1. The normalized spacial score (nSPS) is 12.9. The van der Waals surface area contributed by atoms with Crippen LogP contribution in [0.1, 0.15) is 11.1 Å².